The van der Waals surface area contributed by atoms with Crippen LogP contribution in [0, 0.1) is 21.7 Å². The van der Waals surface area contributed by atoms with E-state index in [9.17, 15) is 9.59 Å². The Hall–Kier alpha value is -2.48. The van der Waals surface area contributed by atoms with Gasteiger partial charge in [0.2, 0.25) is 0 Å². The highest BCUT2D eigenvalue weighted by Crippen LogP contribution is 2.68. The molecule has 4 aliphatic rings. The first-order chi connectivity index (χ1) is 14.5. The Bertz CT molecular complexity index is 1190. The van der Waals surface area contributed by atoms with E-state index >= 15 is 0 Å². The molecule has 0 saturated heterocycles. The van der Waals surface area contributed by atoms with Crippen molar-refractivity contribution in [3.8, 4) is 0 Å². The van der Waals surface area contributed by atoms with Gasteiger partial charge in [-0.3, -0.25) is 9.59 Å². The molecule has 0 amide bonds. The van der Waals surface area contributed by atoms with Crippen molar-refractivity contribution in [1.82, 2.24) is 0 Å². The fourth-order valence-corrected chi connectivity index (χ4v) is 5.72. The zero-order valence-corrected chi connectivity index (χ0v) is 21.3. The second-order valence-electron chi connectivity index (χ2n) is 12.2. The van der Waals surface area contributed by atoms with Gasteiger partial charge in [-0.05, 0) is 70.3 Å². The molecule has 0 fully saturated rings. The first-order valence-corrected chi connectivity index (χ1v) is 11.6. The van der Waals surface area contributed by atoms with Gasteiger partial charge < -0.3 is 0 Å². The summed E-state index contributed by atoms with van der Waals surface area (Å²) in [6.45, 7) is 21.0. The number of hydrogen-bond acceptors (Lipinski definition) is 2. The van der Waals surface area contributed by atoms with Gasteiger partial charge in [-0.1, -0.05) is 79.7 Å². The third kappa shape index (κ3) is 2.84. The van der Waals surface area contributed by atoms with E-state index < -0.39 is 10.8 Å². The third-order valence-corrected chi connectivity index (χ3v) is 8.12. The summed E-state index contributed by atoms with van der Waals surface area (Å²) in [7, 11) is 0. The lowest BCUT2D eigenvalue weighted by Gasteiger charge is -2.58. The van der Waals surface area contributed by atoms with Crippen LogP contribution in [0.25, 0.3) is 0 Å². The van der Waals surface area contributed by atoms with Crippen molar-refractivity contribution in [3.05, 3.63) is 81.0 Å². The molecule has 0 bridgehead atoms. The minimum absolute atomic E-state index is 0.0691. The number of allylic oxidation sites excluding steroid dienone is 14. The van der Waals surface area contributed by atoms with E-state index in [1.807, 2.05) is 0 Å². The SMILES string of the molecule is CC(=O)C1=CC2=CC(C(C)(C)C)=CC3=C(C(C)=O)C=C4C=C(C(C)(C)C)C=C1[C@]4(C)[C@@]23C. The Kier molecular flexibility index (Phi) is 4.63. The lowest BCUT2D eigenvalue weighted by molar-refractivity contribution is -0.114. The van der Waals surface area contributed by atoms with Crippen molar-refractivity contribution in [1.29, 1.82) is 0 Å². The molecular weight excluding hydrogens is 392 g/mol. The van der Waals surface area contributed by atoms with Crippen molar-refractivity contribution < 1.29 is 9.59 Å². The number of carbonyl (C=O) groups is 2. The maximum absolute atomic E-state index is 12.9. The van der Waals surface area contributed by atoms with Crippen LogP contribution >= 0.6 is 0 Å². The molecule has 0 aromatic heterocycles. The van der Waals surface area contributed by atoms with E-state index in [1.54, 1.807) is 13.8 Å². The number of hydrogen-bond donors (Lipinski definition) is 0. The molecule has 4 rings (SSSR count). The van der Waals surface area contributed by atoms with Crippen molar-refractivity contribution >= 4 is 11.6 Å². The van der Waals surface area contributed by atoms with E-state index in [4.69, 9.17) is 0 Å². The van der Waals surface area contributed by atoms with Crippen LogP contribution in [0.2, 0.25) is 0 Å². The molecule has 2 nitrogen and oxygen atoms in total. The Morgan fingerprint density at radius 1 is 0.656 bits per heavy atom. The largest absolute Gasteiger partial charge is 0.295 e. The van der Waals surface area contributed by atoms with Gasteiger partial charge in [0, 0.05) is 22.0 Å². The molecule has 0 heterocycles. The molecule has 0 saturated carbocycles. The molecule has 0 spiro atoms. The first kappa shape index (κ1) is 22.7. The van der Waals surface area contributed by atoms with E-state index in [0.29, 0.717) is 0 Å². The Morgan fingerprint density at radius 2 is 1.19 bits per heavy atom. The van der Waals surface area contributed by atoms with Crippen LogP contribution in [0.4, 0.5) is 0 Å². The molecule has 0 aromatic rings. The predicted molar refractivity (Wildman–Crippen MR) is 132 cm³/mol. The highest BCUT2D eigenvalue weighted by atomic mass is 16.1. The van der Waals surface area contributed by atoms with Gasteiger partial charge in [-0.15, -0.1) is 0 Å². The van der Waals surface area contributed by atoms with Gasteiger partial charge in [0.15, 0.2) is 11.6 Å². The molecule has 2 atom stereocenters. The van der Waals surface area contributed by atoms with Gasteiger partial charge in [-0.25, -0.2) is 0 Å². The fraction of sp³-hybridized carbons (Fsp3) is 0.467. The number of ketones is 2. The smallest absolute Gasteiger partial charge is 0.160 e. The molecule has 2 heteroatoms. The van der Waals surface area contributed by atoms with E-state index in [-0.39, 0.29) is 22.4 Å². The van der Waals surface area contributed by atoms with Crippen LogP contribution in [0.3, 0.4) is 0 Å². The highest BCUT2D eigenvalue weighted by Gasteiger charge is 2.60. The Morgan fingerprint density at radius 3 is 1.69 bits per heavy atom. The summed E-state index contributed by atoms with van der Waals surface area (Å²) in [6, 6.07) is 0. The topological polar surface area (TPSA) is 34.1 Å². The van der Waals surface area contributed by atoms with Crippen LogP contribution in [-0.4, -0.2) is 11.6 Å². The molecule has 0 N–H and O–H groups in total. The first-order valence-electron chi connectivity index (χ1n) is 11.6. The monoisotopic (exact) mass is 428 g/mol. The lowest BCUT2D eigenvalue weighted by atomic mass is 9.43. The average molecular weight is 429 g/mol. The Balaban J connectivity index is 2.20. The number of carbonyl (C=O) groups excluding carboxylic acids is 2. The minimum atomic E-state index is -0.419. The molecule has 0 radical (unpaired) electrons. The summed E-state index contributed by atoms with van der Waals surface area (Å²) in [5.41, 5.74) is 7.39. The van der Waals surface area contributed by atoms with Gasteiger partial charge in [-0.2, -0.15) is 0 Å². The van der Waals surface area contributed by atoms with Gasteiger partial charge in [0.25, 0.3) is 0 Å². The number of Topliss-reactive ketones (excluding diaryl/α,β-unsaturated/α-hetero) is 2. The normalized spacial score (nSPS) is 29.2. The lowest BCUT2D eigenvalue weighted by Crippen LogP contribution is -2.50. The maximum atomic E-state index is 12.9. The van der Waals surface area contributed by atoms with Crippen molar-refractivity contribution in [2.24, 2.45) is 21.7 Å². The molecule has 32 heavy (non-hydrogen) atoms. The predicted octanol–water partition coefficient (Wildman–Crippen LogP) is 7.18. The minimum Gasteiger partial charge on any atom is -0.295 e. The molecule has 4 aliphatic carbocycles. The molecule has 0 aromatic carbocycles. The summed E-state index contributed by atoms with van der Waals surface area (Å²) < 4.78 is 0. The second kappa shape index (κ2) is 6.53. The quantitative estimate of drug-likeness (QED) is 0.467. The van der Waals surface area contributed by atoms with Crippen LogP contribution in [0.5, 0.6) is 0 Å². The van der Waals surface area contributed by atoms with E-state index in [1.165, 1.54) is 11.1 Å². The van der Waals surface area contributed by atoms with Crippen molar-refractivity contribution in [2.45, 2.75) is 69.2 Å². The summed E-state index contributed by atoms with van der Waals surface area (Å²) >= 11 is 0. The van der Waals surface area contributed by atoms with Crippen molar-refractivity contribution in [3.63, 3.8) is 0 Å². The summed E-state index contributed by atoms with van der Waals surface area (Å²) in [6.07, 6.45) is 13.2. The van der Waals surface area contributed by atoms with Crippen molar-refractivity contribution in [2.75, 3.05) is 0 Å². The molecule has 0 aliphatic heterocycles. The van der Waals surface area contributed by atoms with E-state index in [0.717, 1.165) is 33.4 Å². The third-order valence-electron chi connectivity index (χ3n) is 8.12. The van der Waals surface area contributed by atoms with E-state index in [2.05, 4.69) is 91.8 Å². The highest BCUT2D eigenvalue weighted by molar-refractivity contribution is 6.03. The molecule has 168 valence electrons. The fourth-order valence-electron chi connectivity index (χ4n) is 5.72. The van der Waals surface area contributed by atoms with Crippen LogP contribution in [0.1, 0.15) is 69.2 Å². The zero-order valence-electron chi connectivity index (χ0n) is 21.3. The zero-order chi connectivity index (χ0) is 24.0. The number of rotatable bonds is 2. The maximum Gasteiger partial charge on any atom is 0.160 e. The van der Waals surface area contributed by atoms with Crippen LogP contribution in [0.15, 0.2) is 81.0 Å². The average Bonchev–Trinajstić information content (AvgIpc) is 2.63. The van der Waals surface area contributed by atoms with Gasteiger partial charge >= 0.3 is 0 Å². The summed E-state index contributed by atoms with van der Waals surface area (Å²) in [4.78, 5) is 25.9. The standard InChI is InChI=1S/C30H36O2/c1-17(31)23-13-21-11-20(28(6,7)8)16-26-24(18(2)32)14-22-12-19(27(3,4)5)15-25(23)29(22,9)30(21,26)10/h11-16H,1-10H3/t29-,30+. The summed E-state index contributed by atoms with van der Waals surface area (Å²) in [5.74, 6) is 0.175. The Labute approximate surface area is 193 Å². The van der Waals surface area contributed by atoms with Crippen LogP contribution in [-0.2, 0) is 9.59 Å². The van der Waals surface area contributed by atoms with Crippen LogP contribution < -0.4 is 0 Å². The second-order valence-corrected chi connectivity index (χ2v) is 12.2. The molecular formula is C30H36O2. The summed E-state index contributed by atoms with van der Waals surface area (Å²) in [5, 5.41) is 0. The molecule has 0 unspecified atom stereocenters. The van der Waals surface area contributed by atoms with Gasteiger partial charge in [0.1, 0.15) is 0 Å². The van der Waals surface area contributed by atoms with Gasteiger partial charge in [0.05, 0.1) is 0 Å².